The van der Waals surface area contributed by atoms with E-state index in [9.17, 15) is 4.79 Å². The van der Waals surface area contributed by atoms with Gasteiger partial charge in [0.25, 0.3) is 0 Å². The van der Waals surface area contributed by atoms with Gasteiger partial charge in [0.05, 0.1) is 0 Å². The van der Waals surface area contributed by atoms with Crippen molar-refractivity contribution in [1.82, 2.24) is 10.2 Å². The van der Waals surface area contributed by atoms with Crippen LogP contribution in [0.15, 0.2) is 0 Å². The first-order valence-electron chi connectivity index (χ1n) is 7.51. The molecule has 0 aliphatic carbocycles. The van der Waals surface area contributed by atoms with Crippen molar-refractivity contribution in [3.63, 3.8) is 0 Å². The van der Waals surface area contributed by atoms with E-state index in [1.807, 2.05) is 14.1 Å². The third-order valence-electron chi connectivity index (χ3n) is 3.06. The molecular formula is C16H34N2O2. The van der Waals surface area contributed by atoms with E-state index >= 15 is 0 Å². The average Bonchev–Trinajstić information content (AvgIpc) is 2.20. The Balaban J connectivity index is 4.27. The second-order valence-corrected chi connectivity index (χ2v) is 8.11. The lowest BCUT2D eigenvalue weighted by molar-refractivity contribution is 0.00629. The fourth-order valence-electron chi connectivity index (χ4n) is 1.84. The first-order valence-corrected chi connectivity index (χ1v) is 7.51. The summed E-state index contributed by atoms with van der Waals surface area (Å²) in [6, 6.07) is 0. The molecule has 1 atom stereocenters. The number of alkyl carbamates (subject to hydrolysis) is 1. The molecule has 0 radical (unpaired) electrons. The van der Waals surface area contributed by atoms with Crippen molar-refractivity contribution in [2.45, 2.75) is 60.5 Å². The summed E-state index contributed by atoms with van der Waals surface area (Å²) in [5.41, 5.74) is 0.0946. The highest BCUT2D eigenvalue weighted by Crippen LogP contribution is 2.32. The maximum Gasteiger partial charge on any atom is 0.407 e. The monoisotopic (exact) mass is 286 g/mol. The van der Waals surface area contributed by atoms with Gasteiger partial charge in [-0.05, 0) is 44.3 Å². The van der Waals surface area contributed by atoms with Crippen LogP contribution < -0.4 is 5.32 Å². The van der Waals surface area contributed by atoms with Crippen LogP contribution >= 0.6 is 0 Å². The predicted octanol–water partition coefficient (Wildman–Crippen LogP) is 3.52. The van der Waals surface area contributed by atoms with Crippen LogP contribution in [0.3, 0.4) is 0 Å². The number of amides is 1. The van der Waals surface area contributed by atoms with Crippen molar-refractivity contribution < 1.29 is 9.53 Å². The summed E-state index contributed by atoms with van der Waals surface area (Å²) in [7, 11) is 4.05. The van der Waals surface area contributed by atoms with Crippen molar-refractivity contribution in [2.75, 3.05) is 27.2 Å². The Morgan fingerprint density at radius 2 is 1.70 bits per heavy atom. The molecule has 0 aliphatic rings. The Morgan fingerprint density at radius 1 is 1.15 bits per heavy atom. The third kappa shape index (κ3) is 10.1. The van der Waals surface area contributed by atoms with Crippen LogP contribution in [0.25, 0.3) is 0 Å². The molecule has 0 aromatic rings. The molecule has 1 unspecified atom stereocenters. The van der Waals surface area contributed by atoms with Gasteiger partial charge in [-0.15, -0.1) is 0 Å². The quantitative estimate of drug-likeness (QED) is 0.760. The Morgan fingerprint density at radius 3 is 2.10 bits per heavy atom. The van der Waals surface area contributed by atoms with Gasteiger partial charge < -0.3 is 15.0 Å². The lowest BCUT2D eigenvalue weighted by Crippen LogP contribution is -2.39. The van der Waals surface area contributed by atoms with E-state index < -0.39 is 0 Å². The molecule has 120 valence electrons. The van der Waals surface area contributed by atoms with E-state index in [1.54, 1.807) is 0 Å². The highest BCUT2D eigenvalue weighted by atomic mass is 16.6. The number of nitrogens with one attached hydrogen (secondary N) is 1. The summed E-state index contributed by atoms with van der Waals surface area (Å²) < 4.78 is 5.63. The normalized spacial score (nSPS) is 14.2. The minimum Gasteiger partial charge on any atom is -0.446 e. The maximum atomic E-state index is 11.9. The van der Waals surface area contributed by atoms with E-state index in [2.05, 4.69) is 51.8 Å². The SMILES string of the molecule is CN(C)CCCNC(=O)OC(CC(C)(C)C)C(C)(C)C. The van der Waals surface area contributed by atoms with E-state index in [-0.39, 0.29) is 23.0 Å². The molecule has 0 saturated heterocycles. The van der Waals surface area contributed by atoms with Crippen LogP contribution in [-0.4, -0.2) is 44.3 Å². The second-order valence-electron chi connectivity index (χ2n) is 8.11. The maximum absolute atomic E-state index is 11.9. The van der Waals surface area contributed by atoms with Gasteiger partial charge in [-0.2, -0.15) is 0 Å². The number of nitrogens with zero attached hydrogens (tertiary/aromatic N) is 1. The van der Waals surface area contributed by atoms with Crippen LogP contribution in [0, 0.1) is 10.8 Å². The van der Waals surface area contributed by atoms with Gasteiger partial charge in [-0.25, -0.2) is 4.79 Å². The van der Waals surface area contributed by atoms with Crippen molar-refractivity contribution in [1.29, 1.82) is 0 Å². The fourth-order valence-corrected chi connectivity index (χ4v) is 1.84. The molecule has 0 saturated carbocycles. The lowest BCUT2D eigenvalue weighted by atomic mass is 9.78. The number of carbonyl (C=O) groups excluding carboxylic acids is 1. The molecule has 20 heavy (non-hydrogen) atoms. The first kappa shape index (κ1) is 19.2. The molecule has 1 amide bonds. The van der Waals surface area contributed by atoms with E-state index in [0.29, 0.717) is 6.54 Å². The zero-order valence-corrected chi connectivity index (χ0v) is 14.7. The van der Waals surface area contributed by atoms with E-state index in [4.69, 9.17) is 4.74 Å². The van der Waals surface area contributed by atoms with Crippen molar-refractivity contribution >= 4 is 6.09 Å². The van der Waals surface area contributed by atoms with Crippen molar-refractivity contribution in [2.24, 2.45) is 10.8 Å². The van der Waals surface area contributed by atoms with Gasteiger partial charge >= 0.3 is 6.09 Å². The van der Waals surface area contributed by atoms with Gasteiger partial charge in [-0.1, -0.05) is 41.5 Å². The standard InChI is InChI=1S/C16H34N2O2/c1-15(2,3)12-13(16(4,5)6)20-14(19)17-10-9-11-18(7)8/h13H,9-12H2,1-8H3,(H,17,19). The van der Waals surface area contributed by atoms with Crippen molar-refractivity contribution in [3.8, 4) is 0 Å². The molecular weight excluding hydrogens is 252 g/mol. The van der Waals surface area contributed by atoms with Gasteiger partial charge in [0.1, 0.15) is 6.10 Å². The first-order chi connectivity index (χ1) is 8.92. The van der Waals surface area contributed by atoms with Crippen LogP contribution in [0.4, 0.5) is 4.79 Å². The Labute approximate surface area is 125 Å². The summed E-state index contributed by atoms with van der Waals surface area (Å²) in [6.07, 6.45) is 1.42. The second kappa shape index (κ2) is 7.87. The molecule has 1 N–H and O–H groups in total. The molecule has 0 spiro atoms. The molecule has 0 aliphatic heterocycles. The summed E-state index contributed by atoms with van der Waals surface area (Å²) >= 11 is 0. The van der Waals surface area contributed by atoms with Gasteiger partial charge in [-0.3, -0.25) is 0 Å². The van der Waals surface area contributed by atoms with Gasteiger partial charge in [0.2, 0.25) is 0 Å². The number of carbonyl (C=O) groups is 1. The molecule has 4 heteroatoms. The predicted molar refractivity (Wildman–Crippen MR) is 85.0 cm³/mol. The smallest absolute Gasteiger partial charge is 0.407 e. The number of rotatable bonds is 6. The zero-order valence-electron chi connectivity index (χ0n) is 14.7. The van der Waals surface area contributed by atoms with Crippen LogP contribution in [0.2, 0.25) is 0 Å². The van der Waals surface area contributed by atoms with Crippen LogP contribution in [0.1, 0.15) is 54.4 Å². The topological polar surface area (TPSA) is 41.6 Å². The number of hydrogen-bond donors (Lipinski definition) is 1. The summed E-state index contributed by atoms with van der Waals surface area (Å²) in [5, 5.41) is 2.84. The average molecular weight is 286 g/mol. The molecule has 0 rings (SSSR count). The third-order valence-corrected chi connectivity index (χ3v) is 3.06. The fraction of sp³-hybridized carbons (Fsp3) is 0.938. The summed E-state index contributed by atoms with van der Waals surface area (Å²) in [6.45, 7) is 14.5. The van der Waals surface area contributed by atoms with Crippen LogP contribution in [-0.2, 0) is 4.74 Å². The molecule has 0 aromatic heterocycles. The molecule has 0 fully saturated rings. The molecule has 4 nitrogen and oxygen atoms in total. The highest BCUT2D eigenvalue weighted by Gasteiger charge is 2.32. The Kier molecular flexibility index (Phi) is 7.56. The minimum absolute atomic E-state index is 0.0474. The molecule has 0 aromatic carbocycles. The van der Waals surface area contributed by atoms with Gasteiger partial charge in [0, 0.05) is 6.54 Å². The van der Waals surface area contributed by atoms with Gasteiger partial charge in [0.15, 0.2) is 0 Å². The lowest BCUT2D eigenvalue weighted by Gasteiger charge is -2.34. The van der Waals surface area contributed by atoms with Crippen LogP contribution in [0.5, 0.6) is 0 Å². The molecule has 0 heterocycles. The number of hydrogen-bond acceptors (Lipinski definition) is 3. The Hall–Kier alpha value is -0.770. The highest BCUT2D eigenvalue weighted by molar-refractivity contribution is 5.67. The minimum atomic E-state index is -0.298. The molecule has 0 bridgehead atoms. The Bertz CT molecular complexity index is 288. The van der Waals surface area contributed by atoms with Crippen molar-refractivity contribution in [3.05, 3.63) is 0 Å². The summed E-state index contributed by atoms with van der Waals surface area (Å²) in [4.78, 5) is 14.0. The van der Waals surface area contributed by atoms with E-state index in [0.717, 1.165) is 19.4 Å². The van der Waals surface area contributed by atoms with E-state index in [1.165, 1.54) is 0 Å². The largest absolute Gasteiger partial charge is 0.446 e. The number of ether oxygens (including phenoxy) is 1. The summed E-state index contributed by atoms with van der Waals surface area (Å²) in [5.74, 6) is 0. The zero-order chi connectivity index (χ0) is 16.0.